The molecule has 0 aliphatic carbocycles. The Morgan fingerprint density at radius 3 is 2.21 bits per heavy atom. The topological polar surface area (TPSA) is 91.3 Å². The molecule has 0 radical (unpaired) electrons. The van der Waals surface area contributed by atoms with Gasteiger partial charge in [-0.3, -0.25) is 4.79 Å². The molecule has 1 saturated heterocycles. The Balaban J connectivity index is 0.000000345. The smallest absolute Gasteiger partial charge is 0.475 e. The van der Waals surface area contributed by atoms with Crippen LogP contribution in [0.2, 0.25) is 5.15 Å². The van der Waals surface area contributed by atoms with Crippen LogP contribution in [0.15, 0.2) is 42.6 Å². The van der Waals surface area contributed by atoms with Gasteiger partial charge in [0, 0.05) is 11.9 Å². The van der Waals surface area contributed by atoms with E-state index in [0.717, 1.165) is 31.1 Å². The van der Waals surface area contributed by atoms with E-state index >= 15 is 0 Å². The number of carboxylic acid groups (broad SMARTS) is 1. The Morgan fingerprint density at radius 1 is 1.18 bits per heavy atom. The number of aromatic nitrogens is 1. The molecule has 3 rings (SSSR count). The van der Waals surface area contributed by atoms with Gasteiger partial charge in [0.25, 0.3) is 5.91 Å². The molecular formula is C18H17ClF3N3O3. The molecule has 6 nitrogen and oxygen atoms in total. The third kappa shape index (κ3) is 6.82. The average molecular weight is 416 g/mol. The Bertz CT molecular complexity index is 808. The first-order chi connectivity index (χ1) is 13.1. The van der Waals surface area contributed by atoms with Gasteiger partial charge in [-0.15, -0.1) is 0 Å². The van der Waals surface area contributed by atoms with Crippen molar-refractivity contribution in [2.24, 2.45) is 5.92 Å². The van der Waals surface area contributed by atoms with Gasteiger partial charge in [0.2, 0.25) is 0 Å². The van der Waals surface area contributed by atoms with Crippen molar-refractivity contribution in [2.45, 2.75) is 12.6 Å². The third-order valence-corrected chi connectivity index (χ3v) is 4.06. The van der Waals surface area contributed by atoms with Gasteiger partial charge in [-0.2, -0.15) is 13.2 Å². The van der Waals surface area contributed by atoms with Crippen molar-refractivity contribution in [1.82, 2.24) is 10.3 Å². The van der Waals surface area contributed by atoms with E-state index in [1.54, 1.807) is 12.1 Å². The first-order valence-electron chi connectivity index (χ1n) is 8.18. The van der Waals surface area contributed by atoms with Crippen molar-refractivity contribution in [2.75, 3.05) is 18.4 Å². The summed E-state index contributed by atoms with van der Waals surface area (Å²) in [5.41, 5.74) is 2.57. The molecule has 0 bridgehead atoms. The molecule has 150 valence electrons. The Kier molecular flexibility index (Phi) is 7.36. The van der Waals surface area contributed by atoms with Gasteiger partial charge in [0.05, 0.1) is 5.56 Å². The molecule has 3 N–H and O–H groups in total. The number of rotatable bonds is 4. The highest BCUT2D eigenvalue weighted by molar-refractivity contribution is 6.29. The maximum Gasteiger partial charge on any atom is 0.490 e. The Morgan fingerprint density at radius 2 is 1.79 bits per heavy atom. The lowest BCUT2D eigenvalue weighted by molar-refractivity contribution is -0.192. The lowest BCUT2D eigenvalue weighted by atomic mass is 9.94. The number of carbonyl (C=O) groups is 2. The molecule has 1 aromatic heterocycles. The number of hydrogen-bond acceptors (Lipinski definition) is 4. The summed E-state index contributed by atoms with van der Waals surface area (Å²) in [7, 11) is 0. The van der Waals surface area contributed by atoms with Gasteiger partial charge in [-0.05, 0) is 55.3 Å². The van der Waals surface area contributed by atoms with Crippen molar-refractivity contribution >= 4 is 29.2 Å². The van der Waals surface area contributed by atoms with Crippen molar-refractivity contribution in [3.8, 4) is 0 Å². The van der Waals surface area contributed by atoms with E-state index in [0.29, 0.717) is 10.7 Å². The van der Waals surface area contributed by atoms with Gasteiger partial charge in [-0.1, -0.05) is 23.7 Å². The molecule has 1 amide bonds. The van der Waals surface area contributed by atoms with Crippen molar-refractivity contribution < 1.29 is 27.9 Å². The van der Waals surface area contributed by atoms with Crippen LogP contribution in [0, 0.1) is 5.92 Å². The van der Waals surface area contributed by atoms with Crippen molar-refractivity contribution in [3.05, 3.63) is 58.9 Å². The number of nitrogens with zero attached hydrogens (tertiary/aromatic N) is 1. The summed E-state index contributed by atoms with van der Waals surface area (Å²) in [4.78, 5) is 24.8. The minimum Gasteiger partial charge on any atom is -0.475 e. The molecular weight excluding hydrogens is 399 g/mol. The standard InChI is InChI=1S/C16H16ClN3O.C2HF3O2/c17-15-6-3-13(10-19-15)16(21)20-14-4-1-11(2-5-14)7-12-8-18-9-12;3-2(4,5)1(6)7/h1-6,10,12,18H,7-9H2,(H,20,21);(H,6,7). The number of pyridine rings is 1. The monoisotopic (exact) mass is 415 g/mol. The van der Waals surface area contributed by atoms with Crippen LogP contribution in [0.25, 0.3) is 0 Å². The quantitative estimate of drug-likeness (QED) is 0.666. The van der Waals surface area contributed by atoms with Crippen LogP contribution < -0.4 is 10.6 Å². The summed E-state index contributed by atoms with van der Waals surface area (Å²) in [5.74, 6) is -2.20. The normalized spacial score (nSPS) is 13.7. The zero-order chi connectivity index (χ0) is 20.7. The number of alkyl halides is 3. The maximum absolute atomic E-state index is 12.0. The first-order valence-corrected chi connectivity index (χ1v) is 8.55. The maximum atomic E-state index is 12.0. The molecule has 0 spiro atoms. The van der Waals surface area contributed by atoms with Crippen LogP contribution in [-0.2, 0) is 11.2 Å². The molecule has 1 aliphatic heterocycles. The van der Waals surface area contributed by atoms with Crippen molar-refractivity contribution in [3.63, 3.8) is 0 Å². The minimum absolute atomic E-state index is 0.185. The van der Waals surface area contributed by atoms with Crippen LogP contribution in [0.3, 0.4) is 0 Å². The van der Waals surface area contributed by atoms with E-state index in [2.05, 4.69) is 27.8 Å². The van der Waals surface area contributed by atoms with E-state index in [1.165, 1.54) is 11.8 Å². The lowest BCUT2D eigenvalue weighted by Gasteiger charge is -2.27. The summed E-state index contributed by atoms with van der Waals surface area (Å²) >= 11 is 5.70. The van der Waals surface area contributed by atoms with E-state index in [-0.39, 0.29) is 5.91 Å². The molecule has 28 heavy (non-hydrogen) atoms. The number of benzene rings is 1. The molecule has 1 aliphatic rings. The summed E-state index contributed by atoms with van der Waals surface area (Å²) in [5, 5.41) is 13.6. The predicted octanol–water partition coefficient (Wildman–Crippen LogP) is 3.38. The second kappa shape index (κ2) is 9.52. The van der Waals surface area contributed by atoms with Gasteiger partial charge >= 0.3 is 12.1 Å². The SMILES string of the molecule is O=C(Nc1ccc(CC2CNC2)cc1)c1ccc(Cl)nc1.O=C(O)C(F)(F)F. The lowest BCUT2D eigenvalue weighted by Crippen LogP contribution is -2.43. The number of amides is 1. The summed E-state index contributed by atoms with van der Waals surface area (Å²) in [6, 6.07) is 11.3. The summed E-state index contributed by atoms with van der Waals surface area (Å²) in [6.45, 7) is 2.20. The predicted molar refractivity (Wildman–Crippen MR) is 97.4 cm³/mol. The molecule has 0 saturated carbocycles. The first kappa shape index (κ1) is 21.6. The summed E-state index contributed by atoms with van der Waals surface area (Å²) < 4.78 is 31.7. The highest BCUT2D eigenvalue weighted by Crippen LogP contribution is 2.16. The number of carboxylic acids is 1. The van der Waals surface area contributed by atoms with Crippen LogP contribution in [0.5, 0.6) is 0 Å². The second-order valence-electron chi connectivity index (χ2n) is 6.05. The molecule has 10 heteroatoms. The van der Waals surface area contributed by atoms with E-state index in [4.69, 9.17) is 21.5 Å². The molecule has 1 aromatic carbocycles. The van der Waals surface area contributed by atoms with Gasteiger partial charge < -0.3 is 15.7 Å². The fourth-order valence-corrected chi connectivity index (χ4v) is 2.38. The van der Waals surface area contributed by atoms with Crippen molar-refractivity contribution in [1.29, 1.82) is 0 Å². The molecule has 2 aromatic rings. The summed E-state index contributed by atoms with van der Waals surface area (Å²) in [6.07, 6.45) is -2.53. The Hall–Kier alpha value is -2.65. The van der Waals surface area contributed by atoms with E-state index in [1.807, 2.05) is 12.1 Å². The highest BCUT2D eigenvalue weighted by Gasteiger charge is 2.38. The van der Waals surface area contributed by atoms with Gasteiger partial charge in [0.1, 0.15) is 5.15 Å². The number of nitrogens with one attached hydrogen (secondary N) is 2. The van der Waals surface area contributed by atoms with Gasteiger partial charge in [-0.25, -0.2) is 9.78 Å². The number of carbonyl (C=O) groups excluding carboxylic acids is 1. The number of hydrogen-bond donors (Lipinski definition) is 3. The minimum atomic E-state index is -5.08. The zero-order valence-corrected chi connectivity index (χ0v) is 15.2. The molecule has 2 heterocycles. The number of halogens is 4. The zero-order valence-electron chi connectivity index (χ0n) is 14.5. The van der Waals surface area contributed by atoms with Crippen LogP contribution in [0.1, 0.15) is 15.9 Å². The largest absolute Gasteiger partial charge is 0.490 e. The van der Waals surface area contributed by atoms with E-state index in [9.17, 15) is 18.0 Å². The Labute approximate surface area is 163 Å². The molecule has 0 atom stereocenters. The fraction of sp³-hybridized carbons (Fsp3) is 0.278. The van der Waals surface area contributed by atoms with E-state index < -0.39 is 12.1 Å². The number of anilines is 1. The van der Waals surface area contributed by atoms with Crippen LogP contribution in [-0.4, -0.2) is 41.2 Å². The van der Waals surface area contributed by atoms with Crippen LogP contribution >= 0.6 is 11.6 Å². The second-order valence-corrected chi connectivity index (χ2v) is 6.44. The molecule has 0 unspecified atom stereocenters. The molecule has 1 fully saturated rings. The highest BCUT2D eigenvalue weighted by atomic mass is 35.5. The number of aliphatic carboxylic acids is 1. The van der Waals surface area contributed by atoms with Gasteiger partial charge in [0.15, 0.2) is 0 Å². The van der Waals surface area contributed by atoms with Crippen LogP contribution in [0.4, 0.5) is 18.9 Å². The average Bonchev–Trinajstić information content (AvgIpc) is 2.60. The third-order valence-electron chi connectivity index (χ3n) is 3.83. The fourth-order valence-electron chi connectivity index (χ4n) is 2.26.